The van der Waals surface area contributed by atoms with Crippen molar-refractivity contribution in [3.05, 3.63) is 12.0 Å². The van der Waals surface area contributed by atoms with E-state index < -0.39 is 5.97 Å². The summed E-state index contributed by atoms with van der Waals surface area (Å²) >= 11 is 0. The van der Waals surface area contributed by atoms with Crippen molar-refractivity contribution in [2.45, 2.75) is 33.6 Å². The first-order valence-electron chi connectivity index (χ1n) is 6.46. The number of esters is 1. The largest absolute Gasteiger partial charge is 0.461 e. The maximum absolute atomic E-state index is 11.4. The van der Waals surface area contributed by atoms with Crippen LogP contribution in [0.15, 0.2) is 10.7 Å². The molecular weight excluding hydrogens is 248 g/mol. The molecule has 0 radical (unpaired) electrons. The number of hydrogen-bond acceptors (Lipinski definition) is 6. The monoisotopic (exact) mass is 270 g/mol. The number of carbonyl (C=O) groups is 1. The number of hydrogen-bond donors (Lipinski definition) is 2. The lowest BCUT2D eigenvalue weighted by atomic mass is 9.88. The Bertz CT molecular complexity index is 401. The average Bonchev–Trinajstić information content (AvgIpc) is 2.83. The molecule has 0 unspecified atom stereocenters. The molecular formula is C13H22N2O4. The number of anilines is 1. The van der Waals surface area contributed by atoms with Gasteiger partial charge in [-0.25, -0.2) is 4.79 Å². The predicted molar refractivity (Wildman–Crippen MR) is 71.1 cm³/mol. The van der Waals surface area contributed by atoms with Gasteiger partial charge in [-0.2, -0.15) is 4.98 Å². The topological polar surface area (TPSA) is 84.6 Å². The summed E-state index contributed by atoms with van der Waals surface area (Å²) in [6.07, 6.45) is 2.93. The summed E-state index contributed by atoms with van der Waals surface area (Å²) in [5.74, 6) is -0.487. The molecule has 19 heavy (non-hydrogen) atoms. The molecule has 0 atom stereocenters. The maximum atomic E-state index is 11.4. The Morgan fingerprint density at radius 1 is 1.58 bits per heavy atom. The second-order valence-electron chi connectivity index (χ2n) is 5.10. The second-order valence-corrected chi connectivity index (χ2v) is 5.10. The lowest BCUT2D eigenvalue weighted by Gasteiger charge is -2.23. The van der Waals surface area contributed by atoms with Crippen LogP contribution >= 0.6 is 0 Å². The number of nitrogens with one attached hydrogen (secondary N) is 1. The average molecular weight is 270 g/mol. The van der Waals surface area contributed by atoms with Crippen molar-refractivity contribution in [1.29, 1.82) is 0 Å². The molecule has 0 bridgehead atoms. The molecule has 0 fully saturated rings. The number of aliphatic hydroxyl groups is 1. The summed E-state index contributed by atoms with van der Waals surface area (Å²) in [5.41, 5.74) is 0.180. The van der Waals surface area contributed by atoms with Crippen molar-refractivity contribution < 1.29 is 19.1 Å². The molecule has 1 aromatic heterocycles. The minimum atomic E-state index is -0.487. The van der Waals surface area contributed by atoms with E-state index in [0.29, 0.717) is 19.2 Å². The Hall–Kier alpha value is -1.56. The fourth-order valence-corrected chi connectivity index (χ4v) is 1.61. The van der Waals surface area contributed by atoms with Crippen molar-refractivity contribution in [3.8, 4) is 0 Å². The fraction of sp³-hybridized carbons (Fsp3) is 0.692. The standard InChI is InChI=1S/C13H22N2O4/c1-4-18-11(17)10-8-19-12(15-10)14-9-13(2,3)6-5-7-16/h8,16H,4-7,9H2,1-3H3,(H,14,15). The minimum absolute atomic E-state index is 0.0152. The van der Waals surface area contributed by atoms with E-state index in [-0.39, 0.29) is 17.7 Å². The van der Waals surface area contributed by atoms with Gasteiger partial charge >= 0.3 is 5.97 Å². The Morgan fingerprint density at radius 2 is 2.32 bits per heavy atom. The third kappa shape index (κ3) is 5.30. The van der Waals surface area contributed by atoms with E-state index in [1.54, 1.807) is 6.92 Å². The highest BCUT2D eigenvalue weighted by atomic mass is 16.5. The van der Waals surface area contributed by atoms with E-state index in [4.69, 9.17) is 14.3 Å². The number of carbonyl (C=O) groups excluding carboxylic acids is 1. The summed E-state index contributed by atoms with van der Waals surface area (Å²) in [7, 11) is 0. The quantitative estimate of drug-likeness (QED) is 0.703. The minimum Gasteiger partial charge on any atom is -0.461 e. The van der Waals surface area contributed by atoms with Crippen LogP contribution in [0, 0.1) is 5.41 Å². The van der Waals surface area contributed by atoms with Crippen LogP contribution in [0.3, 0.4) is 0 Å². The summed E-state index contributed by atoms with van der Waals surface area (Å²) in [5, 5.41) is 11.9. The summed E-state index contributed by atoms with van der Waals surface area (Å²) in [4.78, 5) is 15.4. The van der Waals surface area contributed by atoms with Gasteiger partial charge in [0, 0.05) is 13.2 Å². The summed E-state index contributed by atoms with van der Waals surface area (Å²) in [6.45, 7) is 7.06. The Labute approximate surface area is 113 Å². The highest BCUT2D eigenvalue weighted by Gasteiger charge is 2.19. The first-order chi connectivity index (χ1) is 8.98. The maximum Gasteiger partial charge on any atom is 0.360 e. The van der Waals surface area contributed by atoms with Gasteiger partial charge in [0.1, 0.15) is 6.26 Å². The highest BCUT2D eigenvalue weighted by Crippen LogP contribution is 2.22. The molecule has 1 heterocycles. The van der Waals surface area contributed by atoms with Crippen LogP contribution < -0.4 is 5.32 Å². The molecule has 0 aliphatic carbocycles. The molecule has 0 saturated heterocycles. The molecule has 6 heteroatoms. The Morgan fingerprint density at radius 3 is 2.95 bits per heavy atom. The van der Waals surface area contributed by atoms with Crippen molar-refractivity contribution in [2.75, 3.05) is 25.1 Å². The number of oxazole rings is 1. The number of aromatic nitrogens is 1. The molecule has 1 aromatic rings. The van der Waals surface area contributed by atoms with Gasteiger partial charge in [-0.3, -0.25) is 0 Å². The Balaban J connectivity index is 2.48. The molecule has 0 spiro atoms. The molecule has 0 aliphatic heterocycles. The zero-order valence-corrected chi connectivity index (χ0v) is 11.7. The van der Waals surface area contributed by atoms with Crippen LogP contribution in [0.25, 0.3) is 0 Å². The molecule has 2 N–H and O–H groups in total. The first-order valence-corrected chi connectivity index (χ1v) is 6.46. The van der Waals surface area contributed by atoms with Crippen LogP contribution in [-0.2, 0) is 4.74 Å². The van der Waals surface area contributed by atoms with Crippen LogP contribution in [-0.4, -0.2) is 35.8 Å². The van der Waals surface area contributed by atoms with Crippen molar-refractivity contribution >= 4 is 12.0 Å². The van der Waals surface area contributed by atoms with Gasteiger partial charge in [0.05, 0.1) is 6.61 Å². The molecule has 1 rings (SSSR count). The zero-order chi connectivity index (χ0) is 14.3. The molecule has 0 aliphatic rings. The summed E-state index contributed by atoms with van der Waals surface area (Å²) < 4.78 is 9.98. The van der Waals surface area contributed by atoms with E-state index in [2.05, 4.69) is 24.1 Å². The van der Waals surface area contributed by atoms with Gasteiger partial charge in [-0.1, -0.05) is 13.8 Å². The first kappa shape index (κ1) is 15.5. The van der Waals surface area contributed by atoms with E-state index in [9.17, 15) is 4.79 Å². The van der Waals surface area contributed by atoms with Gasteiger partial charge in [-0.15, -0.1) is 0 Å². The van der Waals surface area contributed by atoms with E-state index in [1.807, 2.05) is 0 Å². The third-order valence-electron chi connectivity index (χ3n) is 2.72. The zero-order valence-electron chi connectivity index (χ0n) is 11.7. The highest BCUT2D eigenvalue weighted by molar-refractivity contribution is 5.87. The summed E-state index contributed by atoms with van der Waals surface area (Å²) in [6, 6.07) is 0.306. The van der Waals surface area contributed by atoms with Crippen molar-refractivity contribution in [3.63, 3.8) is 0 Å². The molecule has 0 aromatic carbocycles. The second kappa shape index (κ2) is 7.13. The van der Waals surface area contributed by atoms with Crippen LogP contribution in [0.5, 0.6) is 0 Å². The van der Waals surface area contributed by atoms with Gasteiger partial charge in [0.2, 0.25) is 0 Å². The molecule has 6 nitrogen and oxygen atoms in total. The van der Waals surface area contributed by atoms with Gasteiger partial charge in [0.15, 0.2) is 5.69 Å². The number of rotatable bonds is 8. The number of aliphatic hydroxyl groups excluding tert-OH is 1. The van der Waals surface area contributed by atoms with E-state index >= 15 is 0 Å². The fourth-order valence-electron chi connectivity index (χ4n) is 1.61. The van der Waals surface area contributed by atoms with Crippen LogP contribution in [0.4, 0.5) is 6.01 Å². The van der Waals surface area contributed by atoms with Crippen molar-refractivity contribution in [1.82, 2.24) is 4.98 Å². The molecule has 108 valence electrons. The van der Waals surface area contributed by atoms with Gasteiger partial charge < -0.3 is 19.6 Å². The normalized spacial score (nSPS) is 11.4. The van der Waals surface area contributed by atoms with Crippen LogP contribution in [0.1, 0.15) is 44.1 Å². The van der Waals surface area contributed by atoms with Gasteiger partial charge in [0.25, 0.3) is 6.01 Å². The van der Waals surface area contributed by atoms with Crippen LogP contribution in [0.2, 0.25) is 0 Å². The number of ether oxygens (including phenoxy) is 1. The third-order valence-corrected chi connectivity index (χ3v) is 2.72. The lowest BCUT2D eigenvalue weighted by molar-refractivity contribution is 0.0519. The molecule has 0 saturated carbocycles. The smallest absolute Gasteiger partial charge is 0.360 e. The van der Waals surface area contributed by atoms with Crippen molar-refractivity contribution in [2.24, 2.45) is 5.41 Å². The van der Waals surface area contributed by atoms with E-state index in [0.717, 1.165) is 12.8 Å². The SMILES string of the molecule is CCOC(=O)c1coc(NCC(C)(C)CCCO)n1. The predicted octanol–water partition coefficient (Wildman–Crippen LogP) is 2.06. The van der Waals surface area contributed by atoms with E-state index in [1.165, 1.54) is 6.26 Å². The molecule has 0 amide bonds. The number of nitrogens with zero attached hydrogens (tertiary/aromatic N) is 1. The lowest BCUT2D eigenvalue weighted by Crippen LogP contribution is -2.23. The Kier molecular flexibility index (Phi) is 5.82. The van der Waals surface area contributed by atoms with Gasteiger partial charge in [-0.05, 0) is 25.2 Å².